The maximum atomic E-state index is 5.30. The van der Waals surface area contributed by atoms with Crippen LogP contribution in [0.15, 0.2) is 42.5 Å². The fraction of sp³-hybridized carbons (Fsp3) is 0.143. The summed E-state index contributed by atoms with van der Waals surface area (Å²) in [6, 6.07) is 14.5. The Labute approximate surface area is 101 Å². The highest BCUT2D eigenvalue weighted by Crippen LogP contribution is 2.24. The molecule has 1 aliphatic rings. The summed E-state index contributed by atoms with van der Waals surface area (Å²) < 4.78 is 10.5. The van der Waals surface area contributed by atoms with Crippen LogP contribution in [0.25, 0.3) is 11.1 Å². The van der Waals surface area contributed by atoms with Crippen molar-refractivity contribution in [3.63, 3.8) is 0 Å². The van der Waals surface area contributed by atoms with Gasteiger partial charge in [-0.2, -0.15) is 0 Å². The first-order chi connectivity index (χ1) is 8.36. The molecule has 0 fully saturated rings. The van der Waals surface area contributed by atoms with Crippen LogP contribution < -0.4 is 10.2 Å². The van der Waals surface area contributed by atoms with Gasteiger partial charge in [0.05, 0.1) is 13.7 Å². The molecule has 3 rings (SSSR count). The average Bonchev–Trinajstić information content (AvgIpc) is 2.86. The van der Waals surface area contributed by atoms with Crippen LogP contribution in [-0.4, -0.2) is 14.6 Å². The first kappa shape index (κ1) is 10.4. The van der Waals surface area contributed by atoms with Crippen LogP contribution in [0.4, 0.5) is 0 Å². The van der Waals surface area contributed by atoms with E-state index in [-0.39, 0.29) is 0 Å². The van der Waals surface area contributed by atoms with Crippen molar-refractivity contribution >= 4 is 12.9 Å². The Hall–Kier alpha value is -1.74. The molecule has 0 saturated carbocycles. The van der Waals surface area contributed by atoms with Gasteiger partial charge in [-0.25, -0.2) is 0 Å². The summed E-state index contributed by atoms with van der Waals surface area (Å²) in [6.45, 7) is 0.674. The fourth-order valence-corrected chi connectivity index (χ4v) is 2.05. The zero-order chi connectivity index (χ0) is 11.7. The summed E-state index contributed by atoms with van der Waals surface area (Å²) in [7, 11) is 3.50. The molecular weight excluding hydrogens is 211 g/mol. The van der Waals surface area contributed by atoms with E-state index in [0.717, 1.165) is 5.75 Å². The van der Waals surface area contributed by atoms with E-state index in [1.165, 1.54) is 22.2 Å². The smallest absolute Gasteiger partial charge is 0.330 e. The molecule has 0 amide bonds. The summed E-state index contributed by atoms with van der Waals surface area (Å²) in [4.78, 5) is 0. The Balaban J connectivity index is 2.03. The van der Waals surface area contributed by atoms with Gasteiger partial charge in [-0.15, -0.1) is 0 Å². The van der Waals surface area contributed by atoms with Gasteiger partial charge in [0.2, 0.25) is 0 Å². The lowest BCUT2D eigenvalue weighted by molar-refractivity contribution is 0.345. The minimum absolute atomic E-state index is 0.674. The summed E-state index contributed by atoms with van der Waals surface area (Å²) in [5, 5.41) is 0. The number of ether oxygens (including phenoxy) is 1. The third-order valence-corrected chi connectivity index (χ3v) is 3.00. The van der Waals surface area contributed by atoms with Gasteiger partial charge in [0.1, 0.15) is 5.75 Å². The summed E-state index contributed by atoms with van der Waals surface area (Å²) in [5.41, 5.74) is 4.78. The quantitative estimate of drug-likeness (QED) is 0.726. The van der Waals surface area contributed by atoms with Crippen molar-refractivity contribution in [2.24, 2.45) is 0 Å². The molecule has 0 saturated heterocycles. The van der Waals surface area contributed by atoms with Crippen LogP contribution in [0.5, 0.6) is 5.75 Å². The second kappa shape index (κ2) is 4.26. The van der Waals surface area contributed by atoms with Gasteiger partial charge in [0.15, 0.2) is 0 Å². The normalized spacial score (nSPS) is 13.0. The van der Waals surface area contributed by atoms with Crippen molar-refractivity contribution in [2.45, 2.75) is 6.61 Å². The molecular formula is C14H12BO2. The highest BCUT2D eigenvalue weighted by Gasteiger charge is 2.13. The predicted molar refractivity (Wildman–Crippen MR) is 68.6 cm³/mol. The average molecular weight is 223 g/mol. The van der Waals surface area contributed by atoms with Crippen LogP contribution in [0.3, 0.4) is 0 Å². The second-order valence-corrected chi connectivity index (χ2v) is 4.07. The van der Waals surface area contributed by atoms with Crippen LogP contribution in [-0.2, 0) is 11.3 Å². The molecule has 0 N–H and O–H groups in total. The van der Waals surface area contributed by atoms with E-state index in [2.05, 4.69) is 24.3 Å². The molecule has 83 valence electrons. The van der Waals surface area contributed by atoms with Gasteiger partial charge in [0.25, 0.3) is 0 Å². The Morgan fingerprint density at radius 3 is 2.88 bits per heavy atom. The Kier molecular flexibility index (Phi) is 2.61. The number of hydrogen-bond acceptors (Lipinski definition) is 2. The van der Waals surface area contributed by atoms with E-state index in [1.54, 1.807) is 7.11 Å². The molecule has 0 aliphatic carbocycles. The van der Waals surface area contributed by atoms with Gasteiger partial charge < -0.3 is 9.39 Å². The van der Waals surface area contributed by atoms with Gasteiger partial charge in [-0.1, -0.05) is 24.3 Å². The lowest BCUT2D eigenvalue weighted by Gasteiger charge is -2.06. The first-order valence-electron chi connectivity index (χ1n) is 5.59. The predicted octanol–water partition coefficient (Wildman–Crippen LogP) is 2.14. The lowest BCUT2D eigenvalue weighted by Crippen LogP contribution is -2.10. The number of methoxy groups -OCH3 is 1. The van der Waals surface area contributed by atoms with E-state index in [4.69, 9.17) is 9.39 Å². The zero-order valence-electron chi connectivity index (χ0n) is 9.64. The number of fused-ring (bicyclic) bond motifs is 1. The molecule has 3 heteroatoms. The summed E-state index contributed by atoms with van der Waals surface area (Å²) in [5.74, 6) is 0.880. The van der Waals surface area contributed by atoms with E-state index in [9.17, 15) is 0 Å². The van der Waals surface area contributed by atoms with Gasteiger partial charge in [-0.05, 0) is 40.4 Å². The molecule has 0 unspecified atom stereocenters. The molecule has 0 atom stereocenters. The number of rotatable bonds is 2. The van der Waals surface area contributed by atoms with E-state index >= 15 is 0 Å². The van der Waals surface area contributed by atoms with Crippen molar-refractivity contribution in [1.29, 1.82) is 0 Å². The SMILES string of the molecule is COc1cccc(-c2ccc3c(c2)CO[B]3)c1. The molecule has 2 aromatic carbocycles. The minimum atomic E-state index is 0.674. The second-order valence-electron chi connectivity index (χ2n) is 4.07. The third kappa shape index (κ3) is 1.94. The van der Waals surface area contributed by atoms with Crippen molar-refractivity contribution in [3.05, 3.63) is 48.0 Å². The topological polar surface area (TPSA) is 18.5 Å². The minimum Gasteiger partial charge on any atom is -0.497 e. The summed E-state index contributed by atoms with van der Waals surface area (Å²) >= 11 is 0. The molecule has 0 spiro atoms. The van der Waals surface area contributed by atoms with Crippen LogP contribution >= 0.6 is 0 Å². The van der Waals surface area contributed by atoms with Crippen molar-refractivity contribution in [2.75, 3.05) is 7.11 Å². The molecule has 0 aromatic heterocycles. The summed E-state index contributed by atoms with van der Waals surface area (Å²) in [6.07, 6.45) is 0. The molecule has 0 bridgehead atoms. The molecule has 2 nitrogen and oxygen atoms in total. The maximum absolute atomic E-state index is 5.30. The molecule has 2 aromatic rings. The van der Waals surface area contributed by atoms with E-state index < -0.39 is 0 Å². The fourth-order valence-electron chi connectivity index (χ4n) is 2.05. The molecule has 1 heterocycles. The van der Waals surface area contributed by atoms with Gasteiger partial charge in [0, 0.05) is 0 Å². The molecule has 1 radical (unpaired) electrons. The van der Waals surface area contributed by atoms with Gasteiger partial charge >= 0.3 is 7.48 Å². The maximum Gasteiger partial charge on any atom is 0.330 e. The van der Waals surface area contributed by atoms with Crippen molar-refractivity contribution in [3.8, 4) is 16.9 Å². The first-order valence-corrected chi connectivity index (χ1v) is 5.59. The zero-order valence-corrected chi connectivity index (χ0v) is 9.64. The molecule has 17 heavy (non-hydrogen) atoms. The van der Waals surface area contributed by atoms with Crippen molar-refractivity contribution in [1.82, 2.24) is 0 Å². The lowest BCUT2D eigenvalue weighted by atomic mass is 9.86. The van der Waals surface area contributed by atoms with Crippen molar-refractivity contribution < 1.29 is 9.39 Å². The highest BCUT2D eigenvalue weighted by molar-refractivity contribution is 6.48. The third-order valence-electron chi connectivity index (χ3n) is 3.00. The van der Waals surface area contributed by atoms with Crippen LogP contribution in [0.1, 0.15) is 5.56 Å². The standard InChI is InChI=1S/C14H12BO2/c1-16-13-4-2-3-10(8-13)11-5-6-14-12(7-11)9-17-15-14/h2-8H,9H2,1H3. The monoisotopic (exact) mass is 223 g/mol. The van der Waals surface area contributed by atoms with Gasteiger partial charge in [-0.3, -0.25) is 0 Å². The van der Waals surface area contributed by atoms with Crippen LogP contribution in [0, 0.1) is 0 Å². The Morgan fingerprint density at radius 1 is 1.12 bits per heavy atom. The number of hydrogen-bond donors (Lipinski definition) is 0. The number of benzene rings is 2. The van der Waals surface area contributed by atoms with E-state index in [1.807, 2.05) is 25.7 Å². The largest absolute Gasteiger partial charge is 0.497 e. The Bertz CT molecular complexity index is 552. The Morgan fingerprint density at radius 2 is 2.00 bits per heavy atom. The van der Waals surface area contributed by atoms with Crippen LogP contribution in [0.2, 0.25) is 0 Å². The molecule has 1 aliphatic heterocycles. The van der Waals surface area contributed by atoms with E-state index in [0.29, 0.717) is 6.61 Å². The highest BCUT2D eigenvalue weighted by atomic mass is 16.5.